The number of aromatic nitrogens is 5. The smallest absolute Gasteiger partial charge is 0.200 e. The maximum Gasteiger partial charge on any atom is 0.200 e. The second-order valence-corrected chi connectivity index (χ2v) is 6.13. The maximum absolute atomic E-state index is 6.04. The fraction of sp³-hybridized carbons (Fsp3) is 0.412. The van der Waals surface area contributed by atoms with Gasteiger partial charge in [0.2, 0.25) is 5.65 Å². The highest BCUT2D eigenvalue weighted by molar-refractivity contribution is 5.68. The summed E-state index contributed by atoms with van der Waals surface area (Å²) in [5.74, 6) is 0. The van der Waals surface area contributed by atoms with Crippen molar-refractivity contribution in [3.8, 4) is 0 Å². The van der Waals surface area contributed by atoms with Gasteiger partial charge in [0.15, 0.2) is 0 Å². The van der Waals surface area contributed by atoms with Crippen LogP contribution < -0.4 is 4.90 Å². The van der Waals surface area contributed by atoms with Gasteiger partial charge in [-0.25, -0.2) is 0 Å². The van der Waals surface area contributed by atoms with Crippen molar-refractivity contribution < 1.29 is 4.74 Å². The SMILES string of the molecule is Cc1cc(N2CCC(OCc3cccnc3)CC2)c2nncn2n1. The van der Waals surface area contributed by atoms with Crippen molar-refractivity contribution in [1.82, 2.24) is 24.8 Å². The lowest BCUT2D eigenvalue weighted by Crippen LogP contribution is -2.37. The van der Waals surface area contributed by atoms with E-state index in [1.54, 1.807) is 17.0 Å². The number of hydrogen-bond acceptors (Lipinski definition) is 6. The Kier molecular flexibility index (Phi) is 4.08. The molecule has 0 aromatic carbocycles. The molecule has 0 saturated carbocycles. The van der Waals surface area contributed by atoms with Gasteiger partial charge in [-0.3, -0.25) is 4.98 Å². The molecular weight excluding hydrogens is 304 g/mol. The van der Waals surface area contributed by atoms with Crippen LogP contribution in [0.1, 0.15) is 24.1 Å². The predicted molar refractivity (Wildman–Crippen MR) is 89.8 cm³/mol. The number of fused-ring (bicyclic) bond motifs is 1. The summed E-state index contributed by atoms with van der Waals surface area (Å²) >= 11 is 0. The molecule has 3 aromatic heterocycles. The zero-order valence-electron chi connectivity index (χ0n) is 13.7. The Morgan fingerprint density at radius 2 is 2.17 bits per heavy atom. The molecule has 1 aliphatic rings. The predicted octanol–water partition coefficient (Wildman–Crippen LogP) is 2.01. The minimum atomic E-state index is 0.290. The summed E-state index contributed by atoms with van der Waals surface area (Å²) in [6.45, 7) is 4.52. The first-order valence-corrected chi connectivity index (χ1v) is 8.23. The molecule has 124 valence electrons. The highest BCUT2D eigenvalue weighted by atomic mass is 16.5. The number of hydrogen-bond donors (Lipinski definition) is 0. The quantitative estimate of drug-likeness (QED) is 0.731. The van der Waals surface area contributed by atoms with Crippen molar-refractivity contribution in [3.63, 3.8) is 0 Å². The summed E-state index contributed by atoms with van der Waals surface area (Å²) in [6, 6.07) is 6.07. The van der Waals surface area contributed by atoms with Gasteiger partial charge in [0.05, 0.1) is 24.1 Å². The first kappa shape index (κ1) is 15.0. The minimum Gasteiger partial charge on any atom is -0.373 e. The lowest BCUT2D eigenvalue weighted by Gasteiger charge is -2.33. The van der Waals surface area contributed by atoms with Gasteiger partial charge in [0.25, 0.3) is 0 Å². The molecule has 0 atom stereocenters. The zero-order chi connectivity index (χ0) is 16.4. The van der Waals surface area contributed by atoms with Crippen molar-refractivity contribution in [1.29, 1.82) is 0 Å². The Labute approximate surface area is 140 Å². The summed E-state index contributed by atoms with van der Waals surface area (Å²) in [4.78, 5) is 6.47. The molecule has 24 heavy (non-hydrogen) atoms. The Morgan fingerprint density at radius 3 is 2.96 bits per heavy atom. The molecule has 7 nitrogen and oxygen atoms in total. The van der Waals surface area contributed by atoms with E-state index in [-0.39, 0.29) is 0 Å². The van der Waals surface area contributed by atoms with Crippen LogP contribution in [0.25, 0.3) is 5.65 Å². The van der Waals surface area contributed by atoms with Crippen LogP contribution in [-0.2, 0) is 11.3 Å². The van der Waals surface area contributed by atoms with Crippen molar-refractivity contribution in [2.75, 3.05) is 18.0 Å². The topological polar surface area (TPSA) is 68.4 Å². The Bertz CT molecular complexity index is 810. The molecule has 3 aromatic rings. The van der Waals surface area contributed by atoms with E-state index in [4.69, 9.17) is 4.74 Å². The fourth-order valence-electron chi connectivity index (χ4n) is 3.13. The van der Waals surface area contributed by atoms with Gasteiger partial charge in [-0.1, -0.05) is 6.07 Å². The third-order valence-corrected chi connectivity index (χ3v) is 4.36. The largest absolute Gasteiger partial charge is 0.373 e. The highest BCUT2D eigenvalue weighted by Crippen LogP contribution is 2.25. The van der Waals surface area contributed by atoms with Gasteiger partial charge in [-0.05, 0) is 37.5 Å². The lowest BCUT2D eigenvalue weighted by atomic mass is 10.1. The van der Waals surface area contributed by atoms with Gasteiger partial charge < -0.3 is 9.64 Å². The second kappa shape index (κ2) is 6.52. The van der Waals surface area contributed by atoms with Crippen LogP contribution >= 0.6 is 0 Å². The Morgan fingerprint density at radius 1 is 1.29 bits per heavy atom. The molecule has 1 saturated heterocycles. The molecule has 1 aliphatic heterocycles. The standard InChI is InChI=1S/C17H20N6O/c1-13-9-16(17-20-19-12-23(17)21-13)22-7-4-15(5-8-22)24-11-14-3-2-6-18-10-14/h2-3,6,9-10,12,15H,4-5,7-8,11H2,1H3. The van der Waals surface area contributed by atoms with Crippen LogP contribution in [-0.4, -0.2) is 44.0 Å². The van der Waals surface area contributed by atoms with Crippen molar-refractivity contribution >= 4 is 11.3 Å². The van der Waals surface area contributed by atoms with Crippen LogP contribution in [0.15, 0.2) is 36.9 Å². The number of ether oxygens (including phenoxy) is 1. The van der Waals surface area contributed by atoms with E-state index in [1.807, 2.05) is 25.3 Å². The summed E-state index contributed by atoms with van der Waals surface area (Å²) in [6.07, 6.45) is 7.58. The molecule has 4 heterocycles. The van der Waals surface area contributed by atoms with Gasteiger partial charge in [-0.2, -0.15) is 9.61 Å². The second-order valence-electron chi connectivity index (χ2n) is 6.13. The van der Waals surface area contributed by atoms with Crippen LogP contribution in [0.4, 0.5) is 5.69 Å². The molecule has 0 unspecified atom stereocenters. The van der Waals surface area contributed by atoms with Gasteiger partial charge in [0.1, 0.15) is 6.33 Å². The number of piperidine rings is 1. The number of nitrogens with zero attached hydrogens (tertiary/aromatic N) is 6. The third-order valence-electron chi connectivity index (χ3n) is 4.36. The highest BCUT2D eigenvalue weighted by Gasteiger charge is 2.22. The van der Waals surface area contributed by atoms with Gasteiger partial charge in [-0.15, -0.1) is 10.2 Å². The molecule has 0 spiro atoms. The molecule has 4 rings (SSSR count). The molecule has 7 heteroatoms. The zero-order valence-corrected chi connectivity index (χ0v) is 13.7. The molecule has 0 radical (unpaired) electrons. The van der Waals surface area contributed by atoms with E-state index in [1.165, 1.54) is 0 Å². The van der Waals surface area contributed by atoms with E-state index in [9.17, 15) is 0 Å². The Balaban J connectivity index is 1.39. The van der Waals surface area contributed by atoms with Crippen LogP contribution in [0, 0.1) is 6.92 Å². The van der Waals surface area contributed by atoms with Crippen LogP contribution in [0.3, 0.4) is 0 Å². The number of pyridine rings is 1. The lowest BCUT2D eigenvalue weighted by molar-refractivity contribution is 0.0250. The van der Waals surface area contributed by atoms with Crippen molar-refractivity contribution in [2.24, 2.45) is 0 Å². The molecule has 0 amide bonds. The van der Waals surface area contributed by atoms with Crippen molar-refractivity contribution in [2.45, 2.75) is 32.5 Å². The average Bonchev–Trinajstić information content (AvgIpc) is 3.09. The summed E-state index contributed by atoms with van der Waals surface area (Å²) < 4.78 is 7.78. The molecule has 1 fully saturated rings. The Hall–Kier alpha value is -2.54. The molecule has 0 aliphatic carbocycles. The number of aryl methyl sites for hydroxylation is 1. The molecule has 0 N–H and O–H groups in total. The normalized spacial score (nSPS) is 16.0. The number of rotatable bonds is 4. The first-order chi connectivity index (χ1) is 11.8. The van der Waals surface area contributed by atoms with Crippen molar-refractivity contribution in [3.05, 3.63) is 48.2 Å². The van der Waals surface area contributed by atoms with Gasteiger partial charge in [0, 0.05) is 25.5 Å². The van der Waals surface area contributed by atoms with E-state index >= 15 is 0 Å². The fourth-order valence-corrected chi connectivity index (χ4v) is 3.13. The third kappa shape index (κ3) is 3.07. The van der Waals surface area contributed by atoms with E-state index in [2.05, 4.69) is 31.2 Å². The maximum atomic E-state index is 6.04. The van der Waals surface area contributed by atoms with Gasteiger partial charge >= 0.3 is 0 Å². The van der Waals surface area contributed by atoms with Crippen LogP contribution in [0.5, 0.6) is 0 Å². The van der Waals surface area contributed by atoms with E-state index in [0.717, 1.165) is 48.5 Å². The summed E-state index contributed by atoms with van der Waals surface area (Å²) in [5, 5.41) is 12.6. The monoisotopic (exact) mass is 324 g/mol. The molecular formula is C17H20N6O. The first-order valence-electron chi connectivity index (χ1n) is 8.23. The minimum absolute atomic E-state index is 0.290. The summed E-state index contributed by atoms with van der Waals surface area (Å²) in [5.41, 5.74) is 4.00. The van der Waals surface area contributed by atoms with E-state index in [0.29, 0.717) is 12.7 Å². The average molecular weight is 324 g/mol. The molecule has 0 bridgehead atoms. The number of anilines is 1. The van der Waals surface area contributed by atoms with E-state index < -0.39 is 0 Å². The summed E-state index contributed by atoms with van der Waals surface area (Å²) in [7, 11) is 0. The van der Waals surface area contributed by atoms with Crippen LogP contribution in [0.2, 0.25) is 0 Å².